The molecule has 0 aliphatic carbocycles. The smallest absolute Gasteiger partial charge is 0.277 e. The van der Waals surface area contributed by atoms with Gasteiger partial charge in [-0.1, -0.05) is 15.9 Å². The van der Waals surface area contributed by atoms with Crippen molar-refractivity contribution in [3.8, 4) is 5.75 Å². The number of nitrogens with zero attached hydrogens (tertiary/aromatic N) is 3. The summed E-state index contributed by atoms with van der Waals surface area (Å²) in [5, 5.41) is 34.9. The third kappa shape index (κ3) is 4.57. The van der Waals surface area contributed by atoms with Gasteiger partial charge in [0.2, 0.25) is 0 Å². The number of nitro benzene ring substituents is 2. The van der Waals surface area contributed by atoms with Crippen LogP contribution in [0.15, 0.2) is 46.0 Å². The summed E-state index contributed by atoms with van der Waals surface area (Å²) >= 11 is 3.21. The van der Waals surface area contributed by atoms with Gasteiger partial charge >= 0.3 is 0 Å². The summed E-state index contributed by atoms with van der Waals surface area (Å²) in [5.74, 6) is -0.954. The SMILES string of the molecule is O=C(NN=Cc1cc(Br)ccc1O)c1cc([N+](=O)[O-])cc([N+](=O)[O-])c1. The first-order valence-electron chi connectivity index (χ1n) is 6.53. The summed E-state index contributed by atoms with van der Waals surface area (Å²) < 4.78 is 0.674. The normalized spacial score (nSPS) is 10.6. The minimum Gasteiger partial charge on any atom is -0.507 e. The minimum atomic E-state index is -0.877. The first-order valence-corrected chi connectivity index (χ1v) is 7.33. The van der Waals surface area contributed by atoms with Crippen molar-refractivity contribution < 1.29 is 19.7 Å². The first kappa shape index (κ1) is 18.0. The van der Waals surface area contributed by atoms with E-state index in [0.717, 1.165) is 24.4 Å². The molecule has 0 radical (unpaired) electrons. The molecule has 0 aliphatic heterocycles. The second-order valence-corrected chi connectivity index (χ2v) is 5.57. The van der Waals surface area contributed by atoms with Gasteiger partial charge in [-0.25, -0.2) is 5.43 Å². The Labute approximate surface area is 148 Å². The highest BCUT2D eigenvalue weighted by molar-refractivity contribution is 9.10. The second-order valence-electron chi connectivity index (χ2n) is 4.65. The number of phenolic OH excluding ortho intramolecular Hbond substituents is 1. The molecule has 0 bridgehead atoms. The van der Waals surface area contributed by atoms with Crippen LogP contribution < -0.4 is 5.43 Å². The third-order valence-electron chi connectivity index (χ3n) is 2.95. The third-order valence-corrected chi connectivity index (χ3v) is 3.44. The van der Waals surface area contributed by atoms with Gasteiger partial charge in [-0.05, 0) is 18.2 Å². The van der Waals surface area contributed by atoms with Crippen molar-refractivity contribution in [1.29, 1.82) is 0 Å². The number of carbonyl (C=O) groups excluding carboxylic acids is 1. The summed E-state index contributed by atoms with van der Waals surface area (Å²) in [4.78, 5) is 31.9. The number of hydrogen-bond donors (Lipinski definition) is 2. The van der Waals surface area contributed by atoms with Gasteiger partial charge in [-0.2, -0.15) is 5.10 Å². The molecule has 2 N–H and O–H groups in total. The maximum atomic E-state index is 12.0. The van der Waals surface area contributed by atoms with Crippen molar-refractivity contribution in [1.82, 2.24) is 5.43 Å². The van der Waals surface area contributed by atoms with E-state index in [1.54, 1.807) is 12.1 Å². The molecule has 0 aromatic heterocycles. The van der Waals surface area contributed by atoms with Crippen LogP contribution in [0.5, 0.6) is 5.75 Å². The lowest BCUT2D eigenvalue weighted by molar-refractivity contribution is -0.394. The van der Waals surface area contributed by atoms with Crippen LogP contribution in [-0.4, -0.2) is 27.1 Å². The Hall–Kier alpha value is -3.34. The van der Waals surface area contributed by atoms with Crippen molar-refractivity contribution in [2.75, 3.05) is 0 Å². The number of aromatic hydroxyl groups is 1. The van der Waals surface area contributed by atoms with Gasteiger partial charge in [-0.15, -0.1) is 0 Å². The molecular weight excluding hydrogens is 400 g/mol. The molecule has 25 heavy (non-hydrogen) atoms. The molecule has 0 atom stereocenters. The van der Waals surface area contributed by atoms with Crippen LogP contribution in [0.25, 0.3) is 0 Å². The molecule has 2 rings (SSSR count). The Kier molecular flexibility index (Phi) is 5.39. The van der Waals surface area contributed by atoms with Gasteiger partial charge in [0.25, 0.3) is 17.3 Å². The zero-order chi connectivity index (χ0) is 18.6. The Morgan fingerprint density at radius 3 is 2.28 bits per heavy atom. The largest absolute Gasteiger partial charge is 0.507 e. The van der Waals surface area contributed by atoms with Gasteiger partial charge in [0.15, 0.2) is 0 Å². The van der Waals surface area contributed by atoms with Crippen LogP contribution >= 0.6 is 15.9 Å². The van der Waals surface area contributed by atoms with Gasteiger partial charge in [0.05, 0.1) is 27.7 Å². The highest BCUT2D eigenvalue weighted by atomic mass is 79.9. The fraction of sp³-hybridized carbons (Fsp3) is 0. The summed E-state index contributed by atoms with van der Waals surface area (Å²) in [6.45, 7) is 0. The van der Waals surface area contributed by atoms with Crippen molar-refractivity contribution >= 4 is 39.4 Å². The van der Waals surface area contributed by atoms with Crippen LogP contribution in [0.2, 0.25) is 0 Å². The van der Waals surface area contributed by atoms with Crippen LogP contribution in [-0.2, 0) is 0 Å². The molecule has 2 aromatic rings. The zero-order valence-electron chi connectivity index (χ0n) is 12.2. The van der Waals surface area contributed by atoms with Crippen LogP contribution in [0.1, 0.15) is 15.9 Å². The topological polar surface area (TPSA) is 148 Å². The molecular formula is C14H9BrN4O6. The Morgan fingerprint density at radius 1 is 1.12 bits per heavy atom. The molecule has 0 saturated carbocycles. The lowest BCUT2D eigenvalue weighted by atomic mass is 10.1. The molecule has 1 amide bonds. The number of phenols is 1. The number of halogens is 1. The standard InChI is InChI=1S/C14H9BrN4O6/c15-10-1-2-13(20)9(3-10)7-16-17-14(21)8-4-11(18(22)23)6-12(5-8)19(24)25/h1-7,20H,(H,17,21). The van der Waals surface area contributed by atoms with Gasteiger partial charge < -0.3 is 5.11 Å². The van der Waals surface area contributed by atoms with E-state index >= 15 is 0 Å². The number of rotatable bonds is 5. The van der Waals surface area contributed by atoms with Crippen LogP contribution in [0.4, 0.5) is 11.4 Å². The molecule has 10 nitrogen and oxygen atoms in total. The lowest BCUT2D eigenvalue weighted by Gasteiger charge is -2.02. The molecule has 11 heteroatoms. The maximum absolute atomic E-state index is 12.0. The fourth-order valence-electron chi connectivity index (χ4n) is 1.79. The highest BCUT2D eigenvalue weighted by Crippen LogP contribution is 2.23. The van der Waals surface area contributed by atoms with E-state index in [1.165, 1.54) is 6.07 Å². The van der Waals surface area contributed by atoms with E-state index in [9.17, 15) is 30.1 Å². The highest BCUT2D eigenvalue weighted by Gasteiger charge is 2.19. The minimum absolute atomic E-state index is 0.0767. The van der Waals surface area contributed by atoms with Gasteiger partial charge in [-0.3, -0.25) is 25.0 Å². The number of hydrogen-bond acceptors (Lipinski definition) is 7. The second kappa shape index (κ2) is 7.49. The number of non-ortho nitro benzene ring substituents is 2. The van der Waals surface area contributed by atoms with Gasteiger partial charge in [0, 0.05) is 22.2 Å². The zero-order valence-corrected chi connectivity index (χ0v) is 13.8. The van der Waals surface area contributed by atoms with Crippen molar-refractivity contribution in [2.45, 2.75) is 0 Å². The van der Waals surface area contributed by atoms with E-state index in [0.29, 0.717) is 10.0 Å². The summed E-state index contributed by atoms with van der Waals surface area (Å²) in [7, 11) is 0. The molecule has 0 spiro atoms. The number of amides is 1. The number of nitrogens with one attached hydrogen (secondary N) is 1. The summed E-state index contributed by atoms with van der Waals surface area (Å²) in [6, 6.07) is 7.11. The number of hydrazone groups is 1. The predicted molar refractivity (Wildman–Crippen MR) is 90.6 cm³/mol. The molecule has 0 saturated heterocycles. The Balaban J connectivity index is 2.23. The molecule has 128 valence electrons. The van der Waals surface area contributed by atoms with E-state index in [-0.39, 0.29) is 11.3 Å². The number of nitro groups is 2. The molecule has 0 aliphatic rings. The van der Waals surface area contributed by atoms with Crippen LogP contribution in [0.3, 0.4) is 0 Å². The van der Waals surface area contributed by atoms with E-state index in [2.05, 4.69) is 26.5 Å². The number of carbonyl (C=O) groups is 1. The average Bonchev–Trinajstić information content (AvgIpc) is 2.57. The number of benzene rings is 2. The Bertz CT molecular complexity index is 867. The van der Waals surface area contributed by atoms with Crippen molar-refractivity contribution in [3.05, 3.63) is 72.2 Å². The predicted octanol–water partition coefficient (Wildman–Crippen LogP) is 2.74. The Morgan fingerprint density at radius 2 is 1.72 bits per heavy atom. The van der Waals surface area contributed by atoms with Crippen molar-refractivity contribution in [3.63, 3.8) is 0 Å². The lowest BCUT2D eigenvalue weighted by Crippen LogP contribution is -2.18. The quantitative estimate of drug-likeness (QED) is 0.441. The fourth-order valence-corrected chi connectivity index (χ4v) is 2.17. The summed E-state index contributed by atoms with van der Waals surface area (Å²) in [5.41, 5.74) is 0.916. The molecule has 2 aromatic carbocycles. The summed E-state index contributed by atoms with van der Waals surface area (Å²) in [6.07, 6.45) is 1.16. The van der Waals surface area contributed by atoms with Crippen LogP contribution in [0, 0.1) is 20.2 Å². The van der Waals surface area contributed by atoms with E-state index in [4.69, 9.17) is 0 Å². The average molecular weight is 409 g/mol. The first-order chi connectivity index (χ1) is 11.8. The van der Waals surface area contributed by atoms with Crippen molar-refractivity contribution in [2.24, 2.45) is 5.10 Å². The van der Waals surface area contributed by atoms with Gasteiger partial charge in [0.1, 0.15) is 5.75 Å². The molecule has 0 unspecified atom stereocenters. The maximum Gasteiger partial charge on any atom is 0.277 e. The van der Waals surface area contributed by atoms with E-state index < -0.39 is 27.1 Å². The molecule has 0 fully saturated rings. The molecule has 0 heterocycles. The monoisotopic (exact) mass is 408 g/mol. The van der Waals surface area contributed by atoms with E-state index in [1.807, 2.05) is 0 Å².